The SMILES string of the molecule is NC(=O)c1nccn1C1O[C@H](CO)[C@@H](O)[C@H]1O. The van der Waals surface area contributed by atoms with Crippen LogP contribution in [0.5, 0.6) is 0 Å². The largest absolute Gasteiger partial charge is 0.394 e. The van der Waals surface area contributed by atoms with Gasteiger partial charge in [-0.15, -0.1) is 0 Å². The molecule has 0 spiro atoms. The summed E-state index contributed by atoms with van der Waals surface area (Å²) in [4.78, 5) is 14.8. The van der Waals surface area contributed by atoms with Crippen molar-refractivity contribution in [2.45, 2.75) is 24.5 Å². The highest BCUT2D eigenvalue weighted by Gasteiger charge is 2.44. The van der Waals surface area contributed by atoms with Gasteiger partial charge in [0, 0.05) is 12.4 Å². The van der Waals surface area contributed by atoms with E-state index >= 15 is 0 Å². The normalized spacial score (nSPS) is 32.9. The van der Waals surface area contributed by atoms with Gasteiger partial charge < -0.3 is 25.8 Å². The molecule has 0 radical (unpaired) electrons. The second kappa shape index (κ2) is 4.41. The van der Waals surface area contributed by atoms with Crippen LogP contribution in [0.4, 0.5) is 0 Å². The Hall–Kier alpha value is -1.48. The molecule has 8 heteroatoms. The minimum Gasteiger partial charge on any atom is -0.394 e. The summed E-state index contributed by atoms with van der Waals surface area (Å²) in [6.07, 6.45) is -1.66. The number of nitrogens with zero attached hydrogens (tertiary/aromatic N) is 2. The number of carbonyl (C=O) groups is 1. The number of amides is 1. The predicted molar refractivity (Wildman–Crippen MR) is 53.8 cm³/mol. The quantitative estimate of drug-likeness (QED) is 0.468. The van der Waals surface area contributed by atoms with Crippen LogP contribution in [-0.2, 0) is 4.74 Å². The third kappa shape index (κ3) is 1.91. The third-order valence-corrected chi connectivity index (χ3v) is 2.68. The Morgan fingerprint density at radius 3 is 2.76 bits per heavy atom. The zero-order valence-corrected chi connectivity index (χ0v) is 8.80. The van der Waals surface area contributed by atoms with Gasteiger partial charge in [0.15, 0.2) is 6.23 Å². The molecule has 1 fully saturated rings. The van der Waals surface area contributed by atoms with Gasteiger partial charge in [0.05, 0.1) is 6.61 Å². The van der Waals surface area contributed by atoms with E-state index in [4.69, 9.17) is 15.6 Å². The van der Waals surface area contributed by atoms with Crippen LogP contribution in [0.15, 0.2) is 12.4 Å². The number of aliphatic hydroxyl groups is 3. The molecule has 1 saturated heterocycles. The Labute approximate surface area is 96.3 Å². The number of ether oxygens (including phenoxy) is 1. The van der Waals surface area contributed by atoms with Gasteiger partial charge in [-0.05, 0) is 0 Å². The number of primary amides is 1. The summed E-state index contributed by atoms with van der Waals surface area (Å²) >= 11 is 0. The van der Waals surface area contributed by atoms with Crippen LogP contribution in [0.1, 0.15) is 16.8 Å². The van der Waals surface area contributed by atoms with E-state index < -0.39 is 37.1 Å². The molecule has 1 amide bonds. The molecule has 2 rings (SSSR count). The maximum absolute atomic E-state index is 11.1. The fourth-order valence-electron chi connectivity index (χ4n) is 1.82. The van der Waals surface area contributed by atoms with Gasteiger partial charge in [0.1, 0.15) is 18.3 Å². The van der Waals surface area contributed by atoms with Gasteiger partial charge in [0.2, 0.25) is 5.82 Å². The van der Waals surface area contributed by atoms with Crippen molar-refractivity contribution >= 4 is 5.91 Å². The lowest BCUT2D eigenvalue weighted by Crippen LogP contribution is -2.33. The van der Waals surface area contributed by atoms with Crippen LogP contribution < -0.4 is 5.73 Å². The summed E-state index contributed by atoms with van der Waals surface area (Å²) in [6.45, 7) is -0.435. The summed E-state index contributed by atoms with van der Waals surface area (Å²) < 4.78 is 6.46. The lowest BCUT2D eigenvalue weighted by atomic mass is 10.1. The minimum absolute atomic E-state index is 0.0835. The minimum atomic E-state index is -1.26. The smallest absolute Gasteiger partial charge is 0.284 e. The summed E-state index contributed by atoms with van der Waals surface area (Å²) in [5.74, 6) is -0.854. The molecule has 0 aromatic carbocycles. The predicted octanol–water partition coefficient (Wildman–Crippen LogP) is -2.41. The first kappa shape index (κ1) is 12.0. The number of rotatable bonds is 3. The van der Waals surface area contributed by atoms with Gasteiger partial charge in [-0.25, -0.2) is 4.98 Å². The Balaban J connectivity index is 2.29. The monoisotopic (exact) mass is 243 g/mol. The van der Waals surface area contributed by atoms with Gasteiger partial charge >= 0.3 is 0 Å². The second-order valence-corrected chi connectivity index (χ2v) is 3.75. The van der Waals surface area contributed by atoms with Crippen LogP contribution in [0, 0.1) is 0 Å². The number of aliphatic hydroxyl groups excluding tert-OH is 3. The lowest BCUT2D eigenvalue weighted by Gasteiger charge is -2.17. The van der Waals surface area contributed by atoms with Crippen LogP contribution in [0.2, 0.25) is 0 Å². The van der Waals surface area contributed by atoms with Crippen LogP contribution in [0.25, 0.3) is 0 Å². The van der Waals surface area contributed by atoms with Crippen molar-refractivity contribution in [3.05, 3.63) is 18.2 Å². The number of hydrogen-bond donors (Lipinski definition) is 4. The molecule has 1 aromatic rings. The average Bonchev–Trinajstić information content (AvgIpc) is 2.86. The molecule has 1 aliphatic rings. The number of aromatic nitrogens is 2. The highest BCUT2D eigenvalue weighted by molar-refractivity contribution is 5.89. The highest BCUT2D eigenvalue weighted by atomic mass is 16.6. The van der Waals surface area contributed by atoms with Crippen molar-refractivity contribution in [2.75, 3.05) is 6.61 Å². The number of carbonyl (C=O) groups excluding carboxylic acids is 1. The summed E-state index contributed by atoms with van der Waals surface area (Å²) in [6, 6.07) is 0. The second-order valence-electron chi connectivity index (χ2n) is 3.75. The molecule has 5 N–H and O–H groups in total. The van der Waals surface area contributed by atoms with Crippen LogP contribution >= 0.6 is 0 Å². The first-order chi connectivity index (χ1) is 8.06. The fourth-order valence-corrected chi connectivity index (χ4v) is 1.82. The number of hydrogen-bond acceptors (Lipinski definition) is 6. The molecule has 1 unspecified atom stereocenters. The molecule has 94 valence electrons. The lowest BCUT2D eigenvalue weighted by molar-refractivity contribution is -0.0535. The summed E-state index contributed by atoms with van der Waals surface area (Å²) in [5.41, 5.74) is 5.10. The van der Waals surface area contributed by atoms with E-state index in [1.54, 1.807) is 0 Å². The van der Waals surface area contributed by atoms with Crippen LogP contribution in [-0.4, -0.2) is 55.7 Å². The van der Waals surface area contributed by atoms with Crippen molar-refractivity contribution in [1.29, 1.82) is 0 Å². The summed E-state index contributed by atoms with van der Waals surface area (Å²) in [5, 5.41) is 28.3. The fraction of sp³-hybridized carbons (Fsp3) is 0.556. The van der Waals surface area contributed by atoms with Gasteiger partial charge in [-0.2, -0.15) is 0 Å². The molecular formula is C9H13N3O5. The molecule has 8 nitrogen and oxygen atoms in total. The van der Waals surface area contributed by atoms with E-state index in [9.17, 15) is 15.0 Å². The first-order valence-corrected chi connectivity index (χ1v) is 5.01. The molecule has 17 heavy (non-hydrogen) atoms. The van der Waals surface area contributed by atoms with Gasteiger partial charge in [-0.3, -0.25) is 9.36 Å². The van der Waals surface area contributed by atoms with Crippen LogP contribution in [0.3, 0.4) is 0 Å². The van der Waals surface area contributed by atoms with E-state index in [2.05, 4.69) is 4.98 Å². The van der Waals surface area contributed by atoms with Crippen molar-refractivity contribution in [1.82, 2.24) is 9.55 Å². The Bertz CT molecular complexity index is 421. The highest BCUT2D eigenvalue weighted by Crippen LogP contribution is 2.29. The Morgan fingerprint density at radius 2 is 2.24 bits per heavy atom. The average molecular weight is 243 g/mol. The van der Waals surface area contributed by atoms with Gasteiger partial charge in [0.25, 0.3) is 5.91 Å². The maximum atomic E-state index is 11.1. The zero-order chi connectivity index (χ0) is 12.6. The first-order valence-electron chi connectivity index (χ1n) is 5.01. The van der Waals surface area contributed by atoms with Crippen molar-refractivity contribution < 1.29 is 24.9 Å². The van der Waals surface area contributed by atoms with Gasteiger partial charge in [-0.1, -0.05) is 0 Å². The zero-order valence-electron chi connectivity index (χ0n) is 8.80. The number of imidazole rings is 1. The Kier molecular flexibility index (Phi) is 3.11. The summed E-state index contributed by atoms with van der Waals surface area (Å²) in [7, 11) is 0. The number of nitrogens with two attached hydrogens (primary N) is 1. The topological polar surface area (TPSA) is 131 Å². The van der Waals surface area contributed by atoms with Crippen molar-refractivity contribution in [2.24, 2.45) is 5.73 Å². The van der Waals surface area contributed by atoms with E-state index in [1.165, 1.54) is 17.0 Å². The van der Waals surface area contributed by atoms with E-state index in [-0.39, 0.29) is 5.82 Å². The van der Waals surface area contributed by atoms with E-state index in [1.807, 2.05) is 0 Å². The van der Waals surface area contributed by atoms with Crippen molar-refractivity contribution in [3.63, 3.8) is 0 Å². The van der Waals surface area contributed by atoms with Crippen molar-refractivity contribution in [3.8, 4) is 0 Å². The maximum Gasteiger partial charge on any atom is 0.284 e. The molecule has 1 aliphatic heterocycles. The molecule has 1 aromatic heterocycles. The molecule has 0 saturated carbocycles. The van der Waals surface area contributed by atoms with E-state index in [0.29, 0.717) is 0 Å². The molecule has 4 atom stereocenters. The molecule has 0 bridgehead atoms. The molecule has 2 heterocycles. The third-order valence-electron chi connectivity index (χ3n) is 2.68. The Morgan fingerprint density at radius 1 is 1.53 bits per heavy atom. The molecule has 0 aliphatic carbocycles. The van der Waals surface area contributed by atoms with E-state index in [0.717, 1.165) is 0 Å². The standard InChI is InChI=1S/C9H13N3O5/c10-7(16)8-11-1-2-12(8)9-6(15)5(14)4(3-13)17-9/h1-2,4-6,9,13-15H,3H2,(H2,10,16)/t4-,5-,6-,9?/m1/s1. The molecular weight excluding hydrogens is 230 g/mol.